The highest BCUT2D eigenvalue weighted by molar-refractivity contribution is 5.34. The third kappa shape index (κ3) is 2.18. The molecule has 2 saturated carbocycles. The van der Waals surface area contributed by atoms with Gasteiger partial charge in [0.1, 0.15) is 0 Å². The molecule has 0 aromatic rings. The summed E-state index contributed by atoms with van der Waals surface area (Å²) in [7, 11) is 0. The second-order valence-corrected chi connectivity index (χ2v) is 12.3. The molecule has 6 aliphatic rings. The maximum atomic E-state index is 3.04. The van der Waals surface area contributed by atoms with E-state index < -0.39 is 0 Å². The molecule has 2 heterocycles. The predicted molar refractivity (Wildman–Crippen MR) is 117 cm³/mol. The number of fused-ring (bicyclic) bond motifs is 9. The van der Waals surface area contributed by atoms with Crippen molar-refractivity contribution in [2.24, 2.45) is 46.3 Å². The van der Waals surface area contributed by atoms with E-state index in [1.807, 2.05) is 0 Å². The Morgan fingerprint density at radius 3 is 2.71 bits per heavy atom. The summed E-state index contributed by atoms with van der Waals surface area (Å²) in [5.74, 6) is 5.68. The van der Waals surface area contributed by atoms with Crippen LogP contribution in [0.4, 0.5) is 0 Å². The zero-order valence-electron chi connectivity index (χ0n) is 18.7. The van der Waals surface area contributed by atoms with E-state index in [1.54, 1.807) is 5.57 Å². The minimum Gasteiger partial charge on any atom is -0.297 e. The summed E-state index contributed by atoms with van der Waals surface area (Å²) in [6.07, 6.45) is 19.1. The van der Waals surface area contributed by atoms with Crippen LogP contribution in [0.25, 0.3) is 0 Å². The minimum atomic E-state index is 0.477. The van der Waals surface area contributed by atoms with Gasteiger partial charge in [-0.25, -0.2) is 0 Å². The van der Waals surface area contributed by atoms with Crippen molar-refractivity contribution < 1.29 is 0 Å². The lowest BCUT2D eigenvalue weighted by Crippen LogP contribution is -2.50. The maximum Gasteiger partial charge on any atom is 0.0138 e. The lowest BCUT2D eigenvalue weighted by Gasteiger charge is -2.57. The van der Waals surface area contributed by atoms with Crippen molar-refractivity contribution in [2.75, 3.05) is 6.54 Å². The second-order valence-electron chi connectivity index (χ2n) is 12.3. The van der Waals surface area contributed by atoms with Crippen LogP contribution < -0.4 is 0 Å². The van der Waals surface area contributed by atoms with Gasteiger partial charge in [0.2, 0.25) is 0 Å². The molecule has 1 nitrogen and oxygen atoms in total. The quantitative estimate of drug-likeness (QED) is 0.467. The van der Waals surface area contributed by atoms with Gasteiger partial charge in [0.25, 0.3) is 0 Å². The van der Waals surface area contributed by atoms with Crippen LogP contribution in [0.1, 0.15) is 79.1 Å². The summed E-state index contributed by atoms with van der Waals surface area (Å²) < 4.78 is 0. The van der Waals surface area contributed by atoms with Crippen molar-refractivity contribution in [3.05, 3.63) is 23.8 Å². The standard InChI is InChI=1S/C27H41N/c1-17-8-11-23-18(2)25-24(28(23)16-17)15-22-20-10-9-19-7-5-6-13-26(19,3)21(20)12-14-27(22,25)4/h5,7,9,17-18,20-25H,6,8,10-16H2,1-4H3/t17-,18+,20+,21-,22-,23+,24-,25-,26-,27-/m0/s1. The average molecular weight is 380 g/mol. The SMILES string of the molecule is C[C@H]1CC[C@@H]2[C@@H](C)[C@H]3[C@H](C[C@H]4[C@@H]5CC=C6C=CCC[C@]6(C)[C@H]5CC[C@]34C)N2C1. The Morgan fingerprint density at radius 2 is 1.86 bits per heavy atom. The van der Waals surface area contributed by atoms with Crippen LogP contribution in [0.15, 0.2) is 23.8 Å². The van der Waals surface area contributed by atoms with Crippen LogP contribution in [-0.4, -0.2) is 23.5 Å². The molecule has 0 aromatic carbocycles. The van der Waals surface area contributed by atoms with Gasteiger partial charge in [0.15, 0.2) is 0 Å². The fraction of sp³-hybridized carbons (Fsp3) is 0.852. The van der Waals surface area contributed by atoms with E-state index in [0.29, 0.717) is 10.8 Å². The van der Waals surface area contributed by atoms with Crippen molar-refractivity contribution in [1.82, 2.24) is 4.90 Å². The predicted octanol–water partition coefficient (Wildman–Crippen LogP) is 6.46. The summed E-state index contributed by atoms with van der Waals surface area (Å²) >= 11 is 0. The first-order valence-electron chi connectivity index (χ1n) is 12.6. The van der Waals surface area contributed by atoms with Gasteiger partial charge in [0, 0.05) is 18.6 Å². The molecule has 2 aliphatic heterocycles. The van der Waals surface area contributed by atoms with Crippen LogP contribution in [0.3, 0.4) is 0 Å². The Hall–Kier alpha value is -0.560. The Balaban J connectivity index is 1.35. The van der Waals surface area contributed by atoms with Crippen molar-refractivity contribution in [3.8, 4) is 0 Å². The summed E-state index contributed by atoms with van der Waals surface area (Å²) in [5, 5.41) is 0. The molecule has 6 rings (SSSR count). The van der Waals surface area contributed by atoms with E-state index in [2.05, 4.69) is 50.8 Å². The van der Waals surface area contributed by atoms with E-state index >= 15 is 0 Å². The molecule has 28 heavy (non-hydrogen) atoms. The van der Waals surface area contributed by atoms with Crippen LogP contribution in [0.5, 0.6) is 0 Å². The van der Waals surface area contributed by atoms with Crippen molar-refractivity contribution in [3.63, 3.8) is 0 Å². The summed E-state index contributed by atoms with van der Waals surface area (Å²) in [5.41, 5.74) is 2.78. The minimum absolute atomic E-state index is 0.477. The largest absolute Gasteiger partial charge is 0.297 e. The molecule has 0 N–H and O–H groups in total. The van der Waals surface area contributed by atoms with E-state index in [9.17, 15) is 0 Å². The molecule has 0 bridgehead atoms. The second kappa shape index (κ2) is 5.99. The smallest absolute Gasteiger partial charge is 0.0138 e. The van der Waals surface area contributed by atoms with E-state index in [0.717, 1.165) is 47.6 Å². The molecular weight excluding hydrogens is 338 g/mol. The molecule has 4 fully saturated rings. The van der Waals surface area contributed by atoms with Gasteiger partial charge in [-0.05, 0) is 103 Å². The maximum absolute atomic E-state index is 3.04. The van der Waals surface area contributed by atoms with E-state index in [4.69, 9.17) is 0 Å². The van der Waals surface area contributed by atoms with E-state index in [-0.39, 0.29) is 0 Å². The number of allylic oxidation sites excluding steroid dienone is 4. The number of hydrogen-bond donors (Lipinski definition) is 0. The van der Waals surface area contributed by atoms with Gasteiger partial charge in [0.05, 0.1) is 0 Å². The zero-order valence-corrected chi connectivity index (χ0v) is 18.7. The van der Waals surface area contributed by atoms with E-state index in [1.165, 1.54) is 57.9 Å². The van der Waals surface area contributed by atoms with Crippen LogP contribution in [-0.2, 0) is 0 Å². The highest BCUT2D eigenvalue weighted by Gasteiger charge is 2.66. The van der Waals surface area contributed by atoms with Gasteiger partial charge < -0.3 is 0 Å². The number of nitrogens with zero attached hydrogens (tertiary/aromatic N) is 1. The van der Waals surface area contributed by atoms with Gasteiger partial charge in [-0.3, -0.25) is 4.90 Å². The molecule has 154 valence electrons. The van der Waals surface area contributed by atoms with Gasteiger partial charge in [-0.2, -0.15) is 0 Å². The Kier molecular flexibility index (Phi) is 3.90. The topological polar surface area (TPSA) is 3.24 Å². The fourth-order valence-corrected chi connectivity index (χ4v) is 10.0. The van der Waals surface area contributed by atoms with Crippen molar-refractivity contribution in [2.45, 2.75) is 91.1 Å². The third-order valence-corrected chi connectivity index (χ3v) is 11.3. The van der Waals surface area contributed by atoms with Gasteiger partial charge in [-0.1, -0.05) is 45.9 Å². The van der Waals surface area contributed by atoms with Gasteiger partial charge in [-0.15, -0.1) is 0 Å². The molecule has 0 spiro atoms. The first kappa shape index (κ1) is 18.2. The normalized spacial score (nSPS) is 57.6. The first-order valence-corrected chi connectivity index (χ1v) is 12.6. The average Bonchev–Trinajstić information content (AvgIpc) is 3.14. The van der Waals surface area contributed by atoms with Crippen LogP contribution in [0, 0.1) is 46.3 Å². The lowest BCUT2D eigenvalue weighted by atomic mass is 9.47. The molecule has 0 amide bonds. The Morgan fingerprint density at radius 1 is 1.00 bits per heavy atom. The van der Waals surface area contributed by atoms with Gasteiger partial charge >= 0.3 is 0 Å². The van der Waals surface area contributed by atoms with Crippen LogP contribution >= 0.6 is 0 Å². The molecule has 0 aromatic heterocycles. The zero-order chi connectivity index (χ0) is 19.3. The summed E-state index contributed by atoms with van der Waals surface area (Å²) in [6, 6.07) is 1.81. The van der Waals surface area contributed by atoms with Crippen molar-refractivity contribution >= 4 is 0 Å². The highest BCUT2D eigenvalue weighted by atomic mass is 15.2. The highest BCUT2D eigenvalue weighted by Crippen LogP contribution is 2.69. The molecule has 1 heteroatoms. The number of piperidine rings is 1. The molecule has 2 saturated heterocycles. The molecule has 0 unspecified atom stereocenters. The lowest BCUT2D eigenvalue weighted by molar-refractivity contribution is -0.0452. The molecular formula is C27H41N. The molecule has 10 atom stereocenters. The Labute approximate surface area is 173 Å². The molecule has 0 radical (unpaired) electrons. The summed E-state index contributed by atoms with van der Waals surface area (Å²) in [4.78, 5) is 3.04. The first-order chi connectivity index (χ1) is 13.4. The fourth-order valence-electron chi connectivity index (χ4n) is 10.0. The molecule has 4 aliphatic carbocycles. The summed E-state index contributed by atoms with van der Waals surface area (Å²) in [6.45, 7) is 11.9. The van der Waals surface area contributed by atoms with Crippen LogP contribution in [0.2, 0.25) is 0 Å². The number of hydrogen-bond acceptors (Lipinski definition) is 1. The number of rotatable bonds is 0. The Bertz CT molecular complexity index is 720. The monoisotopic (exact) mass is 379 g/mol. The van der Waals surface area contributed by atoms with Crippen molar-refractivity contribution in [1.29, 1.82) is 0 Å². The third-order valence-electron chi connectivity index (χ3n) is 11.3.